The third-order valence-corrected chi connectivity index (χ3v) is 6.56. The number of carbonyl (C=O) groups is 1. The van der Waals surface area contributed by atoms with Crippen molar-refractivity contribution in [2.75, 3.05) is 11.1 Å². The summed E-state index contributed by atoms with van der Waals surface area (Å²) in [5.74, 6) is -0.157. The second-order valence-electron chi connectivity index (χ2n) is 7.92. The molecule has 1 amide bonds. The monoisotopic (exact) mass is 453 g/mol. The van der Waals surface area contributed by atoms with Gasteiger partial charge >= 0.3 is 0 Å². The number of para-hydroxylation sites is 2. The minimum Gasteiger partial charge on any atom is -0.397 e. The summed E-state index contributed by atoms with van der Waals surface area (Å²) in [4.78, 5) is 13.3. The van der Waals surface area contributed by atoms with Gasteiger partial charge in [0.2, 0.25) is 0 Å². The number of fused-ring (bicyclic) bond motifs is 1. The summed E-state index contributed by atoms with van der Waals surface area (Å²) >= 11 is 1.47. The van der Waals surface area contributed by atoms with E-state index in [1.165, 1.54) is 16.9 Å². The lowest BCUT2D eigenvalue weighted by molar-refractivity contribution is 0.103. The Morgan fingerprint density at radius 2 is 1.76 bits per heavy atom. The van der Waals surface area contributed by atoms with Crippen LogP contribution in [0.15, 0.2) is 85.1 Å². The van der Waals surface area contributed by atoms with E-state index in [2.05, 4.69) is 52.0 Å². The lowest BCUT2D eigenvalue weighted by atomic mass is 10.1. The molecule has 3 N–H and O–H groups in total. The standard InChI is InChI=1S/C26H23N5OS/c27-22-8-4-5-9-23(22)28-26(32)25-15-20-12-10-19(14-24(20)33-25)16-31-17-21(29-30-31)13-11-18-6-2-1-3-7-18/h1-10,12,14-15,17H,11,13,16,27H2,(H,28,32). The molecule has 5 aromatic rings. The minimum atomic E-state index is -0.157. The van der Waals surface area contributed by atoms with Crippen LogP contribution in [0.2, 0.25) is 0 Å². The van der Waals surface area contributed by atoms with E-state index in [9.17, 15) is 4.79 Å². The number of carbonyl (C=O) groups excluding carboxylic acids is 1. The summed E-state index contributed by atoms with van der Waals surface area (Å²) in [6.07, 6.45) is 3.81. The van der Waals surface area contributed by atoms with Crippen LogP contribution < -0.4 is 11.1 Å². The van der Waals surface area contributed by atoms with E-state index in [4.69, 9.17) is 5.73 Å². The van der Waals surface area contributed by atoms with Gasteiger partial charge in [-0.25, -0.2) is 4.68 Å². The van der Waals surface area contributed by atoms with Crippen molar-refractivity contribution in [3.8, 4) is 0 Å². The highest BCUT2D eigenvalue weighted by Crippen LogP contribution is 2.28. The maximum atomic E-state index is 12.7. The molecule has 0 saturated heterocycles. The number of amides is 1. The molecule has 0 bridgehead atoms. The molecule has 2 heterocycles. The van der Waals surface area contributed by atoms with E-state index in [-0.39, 0.29) is 5.91 Å². The van der Waals surface area contributed by atoms with Crippen LogP contribution in [-0.4, -0.2) is 20.9 Å². The van der Waals surface area contributed by atoms with Crippen LogP contribution in [0, 0.1) is 0 Å². The number of nitrogens with one attached hydrogen (secondary N) is 1. The largest absolute Gasteiger partial charge is 0.397 e. The predicted molar refractivity (Wildman–Crippen MR) is 134 cm³/mol. The number of aryl methyl sites for hydroxylation is 2. The van der Waals surface area contributed by atoms with E-state index < -0.39 is 0 Å². The first-order valence-corrected chi connectivity index (χ1v) is 11.6. The van der Waals surface area contributed by atoms with Crippen LogP contribution in [0.1, 0.15) is 26.5 Å². The van der Waals surface area contributed by atoms with Gasteiger partial charge in [-0.15, -0.1) is 16.4 Å². The molecule has 0 radical (unpaired) electrons. The van der Waals surface area contributed by atoms with Crippen LogP contribution in [0.25, 0.3) is 10.1 Å². The van der Waals surface area contributed by atoms with Crippen molar-refractivity contribution in [3.05, 3.63) is 107 Å². The van der Waals surface area contributed by atoms with E-state index >= 15 is 0 Å². The Balaban J connectivity index is 1.26. The molecule has 0 atom stereocenters. The first-order chi connectivity index (χ1) is 16.1. The number of anilines is 2. The normalized spacial score (nSPS) is 11.0. The molecule has 0 spiro atoms. The maximum Gasteiger partial charge on any atom is 0.265 e. The van der Waals surface area contributed by atoms with Gasteiger partial charge in [-0.3, -0.25) is 4.79 Å². The summed E-state index contributed by atoms with van der Waals surface area (Å²) < 4.78 is 2.92. The molecule has 0 fully saturated rings. The van der Waals surface area contributed by atoms with Crippen molar-refractivity contribution in [1.29, 1.82) is 0 Å². The van der Waals surface area contributed by atoms with E-state index in [0.717, 1.165) is 34.2 Å². The van der Waals surface area contributed by atoms with E-state index in [1.807, 2.05) is 41.2 Å². The van der Waals surface area contributed by atoms with Crippen molar-refractivity contribution in [1.82, 2.24) is 15.0 Å². The molecule has 0 unspecified atom stereocenters. The van der Waals surface area contributed by atoms with Gasteiger partial charge in [0.05, 0.1) is 28.5 Å². The van der Waals surface area contributed by atoms with Crippen LogP contribution in [0.3, 0.4) is 0 Å². The topological polar surface area (TPSA) is 85.8 Å². The second-order valence-corrected chi connectivity index (χ2v) is 9.00. The predicted octanol–water partition coefficient (Wildman–Crippen LogP) is 5.16. The lowest BCUT2D eigenvalue weighted by Crippen LogP contribution is -2.11. The third-order valence-electron chi connectivity index (χ3n) is 5.46. The number of nitrogens with two attached hydrogens (primary N) is 1. The Bertz CT molecular complexity index is 1410. The van der Waals surface area contributed by atoms with Gasteiger partial charge in [0.25, 0.3) is 5.91 Å². The number of nitrogen functional groups attached to an aromatic ring is 1. The number of nitrogens with zero attached hydrogens (tertiary/aromatic N) is 3. The molecule has 33 heavy (non-hydrogen) atoms. The van der Waals surface area contributed by atoms with Crippen LogP contribution >= 0.6 is 11.3 Å². The molecule has 0 saturated carbocycles. The zero-order valence-corrected chi connectivity index (χ0v) is 18.8. The lowest BCUT2D eigenvalue weighted by Gasteiger charge is -2.05. The summed E-state index contributed by atoms with van der Waals surface area (Å²) in [5, 5.41) is 12.5. The molecule has 0 aliphatic heterocycles. The first-order valence-electron chi connectivity index (χ1n) is 10.8. The Hall–Kier alpha value is -3.97. The van der Waals surface area contributed by atoms with Crippen molar-refractivity contribution < 1.29 is 4.79 Å². The molecule has 5 rings (SSSR count). The van der Waals surface area contributed by atoms with Gasteiger partial charge in [-0.2, -0.15) is 0 Å². The average Bonchev–Trinajstić information content (AvgIpc) is 3.46. The van der Waals surface area contributed by atoms with Gasteiger partial charge in [0.15, 0.2) is 0 Å². The number of rotatable bonds is 7. The van der Waals surface area contributed by atoms with Crippen molar-refractivity contribution >= 4 is 38.7 Å². The van der Waals surface area contributed by atoms with Crippen molar-refractivity contribution in [2.24, 2.45) is 0 Å². The number of aromatic nitrogens is 3. The highest BCUT2D eigenvalue weighted by Gasteiger charge is 2.12. The van der Waals surface area contributed by atoms with Crippen LogP contribution in [-0.2, 0) is 19.4 Å². The Morgan fingerprint density at radius 1 is 0.939 bits per heavy atom. The Morgan fingerprint density at radius 3 is 2.61 bits per heavy atom. The molecule has 7 heteroatoms. The number of benzene rings is 3. The van der Waals surface area contributed by atoms with Crippen LogP contribution in [0.5, 0.6) is 0 Å². The van der Waals surface area contributed by atoms with E-state index in [0.29, 0.717) is 22.8 Å². The van der Waals surface area contributed by atoms with Crippen molar-refractivity contribution in [2.45, 2.75) is 19.4 Å². The quantitative estimate of drug-likeness (QED) is 0.333. The smallest absolute Gasteiger partial charge is 0.265 e. The fourth-order valence-corrected chi connectivity index (χ4v) is 4.74. The van der Waals surface area contributed by atoms with Gasteiger partial charge in [-0.1, -0.05) is 59.8 Å². The minimum absolute atomic E-state index is 0.157. The fraction of sp³-hybridized carbons (Fsp3) is 0.115. The third kappa shape index (κ3) is 4.94. The van der Waals surface area contributed by atoms with Gasteiger partial charge < -0.3 is 11.1 Å². The molecular formula is C26H23N5OS. The zero-order valence-electron chi connectivity index (χ0n) is 17.9. The molecule has 0 aliphatic carbocycles. The summed E-state index contributed by atoms with van der Waals surface area (Å²) in [6, 6.07) is 25.8. The Kier molecular flexibility index (Phi) is 5.87. The highest BCUT2D eigenvalue weighted by molar-refractivity contribution is 7.20. The second kappa shape index (κ2) is 9.26. The summed E-state index contributed by atoms with van der Waals surface area (Å²) in [6.45, 7) is 0.633. The SMILES string of the molecule is Nc1ccccc1NC(=O)c1cc2ccc(Cn3cc(CCc4ccccc4)nn3)cc2s1. The van der Waals surface area contributed by atoms with Gasteiger partial charge in [0, 0.05) is 10.9 Å². The number of hydrogen-bond donors (Lipinski definition) is 2. The van der Waals surface area contributed by atoms with Crippen molar-refractivity contribution in [3.63, 3.8) is 0 Å². The van der Waals surface area contributed by atoms with Gasteiger partial charge in [-0.05, 0) is 53.6 Å². The number of thiophene rings is 1. The van der Waals surface area contributed by atoms with Gasteiger partial charge in [0.1, 0.15) is 0 Å². The fourth-order valence-electron chi connectivity index (χ4n) is 3.72. The molecule has 0 aliphatic rings. The maximum absolute atomic E-state index is 12.7. The average molecular weight is 454 g/mol. The zero-order chi connectivity index (χ0) is 22.6. The number of hydrogen-bond acceptors (Lipinski definition) is 5. The molecule has 2 aromatic heterocycles. The Labute approximate surface area is 195 Å². The van der Waals surface area contributed by atoms with Crippen LogP contribution in [0.4, 0.5) is 11.4 Å². The molecule has 164 valence electrons. The molecular weight excluding hydrogens is 430 g/mol. The van der Waals surface area contributed by atoms with E-state index in [1.54, 1.807) is 12.1 Å². The molecule has 3 aromatic carbocycles. The first kappa shape index (κ1) is 20.9. The summed E-state index contributed by atoms with van der Waals surface area (Å²) in [5.41, 5.74) is 10.5. The highest BCUT2D eigenvalue weighted by atomic mass is 32.1. The summed E-state index contributed by atoms with van der Waals surface area (Å²) in [7, 11) is 0. The molecule has 6 nitrogen and oxygen atoms in total.